The Balaban J connectivity index is 1.82. The first-order valence-corrected chi connectivity index (χ1v) is 8.49. The summed E-state index contributed by atoms with van der Waals surface area (Å²) < 4.78 is 48.1. The quantitative estimate of drug-likeness (QED) is 0.850. The van der Waals surface area contributed by atoms with Gasteiger partial charge >= 0.3 is 16.4 Å². The van der Waals surface area contributed by atoms with E-state index >= 15 is 0 Å². The van der Waals surface area contributed by atoms with Crippen LogP contribution in [0.25, 0.3) is 0 Å². The van der Waals surface area contributed by atoms with Crippen molar-refractivity contribution in [2.24, 2.45) is 0 Å². The Hall–Kier alpha value is -2.45. The number of carbonyl (C=O) groups is 1. The van der Waals surface area contributed by atoms with E-state index < -0.39 is 28.3 Å². The highest BCUT2D eigenvalue weighted by atomic mass is 32.2. The average Bonchev–Trinajstić information content (AvgIpc) is 2.89. The fraction of sp³-hybridized carbons (Fsp3) is 0.188. The first-order chi connectivity index (χ1) is 11.5. The predicted molar refractivity (Wildman–Crippen MR) is 82.5 cm³/mol. The van der Waals surface area contributed by atoms with Crippen molar-refractivity contribution >= 4 is 16.4 Å². The second-order valence-electron chi connectivity index (χ2n) is 5.12. The van der Waals surface area contributed by atoms with Crippen molar-refractivity contribution in [3.8, 4) is 0 Å². The first kappa shape index (κ1) is 16.4. The predicted octanol–water partition coefficient (Wildman–Crippen LogP) is 2.78. The SMILES string of the molecule is O=C(OCc1ccccc1)N1C(c2ccccc2F)COS1(=O)=O. The summed E-state index contributed by atoms with van der Waals surface area (Å²) in [7, 11) is -4.31. The molecule has 0 aliphatic carbocycles. The number of halogens is 1. The van der Waals surface area contributed by atoms with Crippen LogP contribution < -0.4 is 0 Å². The van der Waals surface area contributed by atoms with E-state index in [1.807, 2.05) is 0 Å². The molecule has 1 unspecified atom stereocenters. The van der Waals surface area contributed by atoms with Crippen molar-refractivity contribution in [2.75, 3.05) is 6.61 Å². The number of amides is 1. The molecule has 0 aromatic heterocycles. The van der Waals surface area contributed by atoms with Gasteiger partial charge in [0.25, 0.3) is 0 Å². The molecule has 0 bridgehead atoms. The van der Waals surface area contributed by atoms with Crippen molar-refractivity contribution in [3.05, 3.63) is 71.5 Å². The Kier molecular flexibility index (Phi) is 4.50. The topological polar surface area (TPSA) is 72.9 Å². The van der Waals surface area contributed by atoms with Crippen molar-refractivity contribution in [3.63, 3.8) is 0 Å². The molecule has 1 atom stereocenters. The maximum absolute atomic E-state index is 14.0. The molecule has 8 heteroatoms. The third-order valence-corrected chi connectivity index (χ3v) is 4.87. The number of benzene rings is 2. The average molecular weight is 351 g/mol. The molecular formula is C16H14FNO5S. The lowest BCUT2D eigenvalue weighted by atomic mass is 10.1. The van der Waals surface area contributed by atoms with Crippen LogP contribution in [0.3, 0.4) is 0 Å². The van der Waals surface area contributed by atoms with Crippen molar-refractivity contribution < 1.29 is 26.5 Å². The summed E-state index contributed by atoms with van der Waals surface area (Å²) in [5.74, 6) is -0.621. The van der Waals surface area contributed by atoms with E-state index in [-0.39, 0.29) is 18.8 Å². The Labute approximate surface area is 138 Å². The molecule has 1 fully saturated rings. The fourth-order valence-electron chi connectivity index (χ4n) is 2.39. The number of hydrogen-bond donors (Lipinski definition) is 0. The zero-order valence-corrected chi connectivity index (χ0v) is 13.3. The summed E-state index contributed by atoms with van der Waals surface area (Å²) in [5, 5.41) is 0. The third kappa shape index (κ3) is 3.24. The van der Waals surface area contributed by atoms with E-state index in [1.54, 1.807) is 36.4 Å². The summed E-state index contributed by atoms with van der Waals surface area (Å²) in [6.07, 6.45) is -1.11. The zero-order valence-electron chi connectivity index (χ0n) is 12.5. The van der Waals surface area contributed by atoms with E-state index in [2.05, 4.69) is 4.18 Å². The van der Waals surface area contributed by atoms with Crippen molar-refractivity contribution in [2.45, 2.75) is 12.6 Å². The summed E-state index contributed by atoms with van der Waals surface area (Å²) in [6, 6.07) is 13.3. The van der Waals surface area contributed by atoms with Crippen molar-refractivity contribution in [1.29, 1.82) is 0 Å². The number of rotatable bonds is 3. The molecule has 1 heterocycles. The minimum absolute atomic E-state index is 0.0511. The van der Waals surface area contributed by atoms with E-state index in [9.17, 15) is 17.6 Å². The molecule has 1 aliphatic rings. The van der Waals surface area contributed by atoms with Crippen LogP contribution in [0.2, 0.25) is 0 Å². The first-order valence-electron chi connectivity index (χ1n) is 7.13. The van der Waals surface area contributed by atoms with Gasteiger partial charge in [-0.3, -0.25) is 4.18 Å². The number of nitrogens with zero attached hydrogens (tertiary/aromatic N) is 1. The maximum atomic E-state index is 14.0. The Morgan fingerprint density at radius 1 is 1.17 bits per heavy atom. The van der Waals surface area contributed by atoms with E-state index in [0.717, 1.165) is 0 Å². The fourth-order valence-corrected chi connectivity index (χ4v) is 3.53. The van der Waals surface area contributed by atoms with Crippen LogP contribution in [0.5, 0.6) is 0 Å². The van der Waals surface area contributed by atoms with Crippen LogP contribution >= 0.6 is 0 Å². The Bertz CT molecular complexity index is 841. The molecule has 2 aromatic carbocycles. The molecule has 0 saturated carbocycles. The summed E-state index contributed by atoms with van der Waals surface area (Å²) in [4.78, 5) is 12.3. The summed E-state index contributed by atoms with van der Waals surface area (Å²) in [5.41, 5.74) is 0.751. The molecule has 0 N–H and O–H groups in total. The van der Waals surface area contributed by atoms with Crippen LogP contribution in [0.4, 0.5) is 9.18 Å². The number of ether oxygens (including phenoxy) is 1. The molecular weight excluding hydrogens is 337 g/mol. The molecule has 1 saturated heterocycles. The lowest BCUT2D eigenvalue weighted by Gasteiger charge is -2.20. The molecule has 0 radical (unpaired) electrons. The second-order valence-corrected chi connectivity index (χ2v) is 6.60. The highest BCUT2D eigenvalue weighted by molar-refractivity contribution is 7.85. The van der Waals surface area contributed by atoms with Gasteiger partial charge in [0.1, 0.15) is 18.5 Å². The molecule has 1 amide bonds. The Morgan fingerprint density at radius 3 is 2.54 bits per heavy atom. The molecule has 126 valence electrons. The van der Waals surface area contributed by atoms with E-state index in [1.165, 1.54) is 18.2 Å². The van der Waals surface area contributed by atoms with Gasteiger partial charge in [0, 0.05) is 5.56 Å². The molecule has 0 spiro atoms. The van der Waals surface area contributed by atoms with Gasteiger partial charge in [0.15, 0.2) is 0 Å². The van der Waals surface area contributed by atoms with Gasteiger partial charge < -0.3 is 4.74 Å². The highest BCUT2D eigenvalue weighted by Gasteiger charge is 2.45. The lowest BCUT2D eigenvalue weighted by molar-refractivity contribution is 0.112. The zero-order chi connectivity index (χ0) is 17.2. The van der Waals surface area contributed by atoms with Crippen molar-refractivity contribution in [1.82, 2.24) is 4.31 Å². The number of carbonyl (C=O) groups excluding carboxylic acids is 1. The minimum Gasteiger partial charge on any atom is -0.444 e. The van der Waals surface area contributed by atoms with Gasteiger partial charge in [0.05, 0.1) is 6.61 Å². The monoisotopic (exact) mass is 351 g/mol. The van der Waals surface area contributed by atoms with Gasteiger partial charge in [-0.15, -0.1) is 0 Å². The molecule has 2 aromatic rings. The largest absolute Gasteiger partial charge is 0.444 e. The minimum atomic E-state index is -4.31. The Morgan fingerprint density at radius 2 is 1.83 bits per heavy atom. The highest BCUT2D eigenvalue weighted by Crippen LogP contribution is 2.33. The van der Waals surface area contributed by atoms with Gasteiger partial charge in [-0.1, -0.05) is 48.5 Å². The van der Waals surface area contributed by atoms with Crippen LogP contribution in [-0.4, -0.2) is 25.4 Å². The second kappa shape index (κ2) is 6.58. The smallest absolute Gasteiger partial charge is 0.426 e. The number of hydrogen-bond acceptors (Lipinski definition) is 5. The van der Waals surface area contributed by atoms with Gasteiger partial charge in [-0.05, 0) is 11.6 Å². The van der Waals surface area contributed by atoms with Gasteiger partial charge in [-0.2, -0.15) is 12.7 Å². The van der Waals surface area contributed by atoms with E-state index in [0.29, 0.717) is 9.87 Å². The molecule has 24 heavy (non-hydrogen) atoms. The third-order valence-electron chi connectivity index (χ3n) is 3.55. The maximum Gasteiger partial charge on any atom is 0.426 e. The molecule has 6 nitrogen and oxygen atoms in total. The normalized spacial score (nSPS) is 19.2. The van der Waals surface area contributed by atoms with Crippen LogP contribution in [0.15, 0.2) is 54.6 Å². The van der Waals surface area contributed by atoms with Crippen LogP contribution in [0.1, 0.15) is 17.2 Å². The van der Waals surface area contributed by atoms with E-state index in [4.69, 9.17) is 4.74 Å². The summed E-state index contributed by atoms with van der Waals surface area (Å²) in [6.45, 7) is -0.459. The van der Waals surface area contributed by atoms with Gasteiger partial charge in [-0.25, -0.2) is 9.18 Å². The molecule has 1 aliphatic heterocycles. The van der Waals surface area contributed by atoms with Crippen LogP contribution in [0, 0.1) is 5.82 Å². The van der Waals surface area contributed by atoms with Crippen LogP contribution in [-0.2, 0) is 25.8 Å². The molecule has 3 rings (SSSR count). The summed E-state index contributed by atoms with van der Waals surface area (Å²) >= 11 is 0. The van der Waals surface area contributed by atoms with Gasteiger partial charge in [0.2, 0.25) is 0 Å². The standard InChI is InChI=1S/C16H14FNO5S/c17-14-9-5-4-8-13(14)15-11-23-24(20,21)18(15)16(19)22-10-12-6-2-1-3-7-12/h1-9,15H,10-11H2. The lowest BCUT2D eigenvalue weighted by Crippen LogP contribution is -2.35.